The summed E-state index contributed by atoms with van der Waals surface area (Å²) in [4.78, 5) is 12.4. The number of benzene rings is 3. The highest BCUT2D eigenvalue weighted by atomic mass is 127. The van der Waals surface area contributed by atoms with Crippen LogP contribution in [0.5, 0.6) is 11.5 Å². The predicted molar refractivity (Wildman–Crippen MR) is 140 cm³/mol. The molecule has 0 aliphatic carbocycles. The largest absolute Gasteiger partial charge is 0.493 e. The van der Waals surface area contributed by atoms with Crippen molar-refractivity contribution in [3.8, 4) is 11.5 Å². The molecular formula is C25H16Cl3IO4. The highest BCUT2D eigenvalue weighted by Crippen LogP contribution is 2.36. The normalized spacial score (nSPS) is 14.3. The Labute approximate surface area is 219 Å². The molecule has 4 rings (SSSR count). The molecule has 0 saturated heterocycles. The third-order valence-corrected chi connectivity index (χ3v) is 6.45. The quantitative estimate of drug-likeness (QED) is 0.162. The Morgan fingerprint density at radius 2 is 1.73 bits per heavy atom. The molecule has 0 bridgehead atoms. The van der Waals surface area contributed by atoms with Crippen LogP contribution in [0.1, 0.15) is 16.7 Å². The van der Waals surface area contributed by atoms with E-state index in [0.29, 0.717) is 37.9 Å². The van der Waals surface area contributed by atoms with Crippen molar-refractivity contribution in [1.29, 1.82) is 0 Å². The van der Waals surface area contributed by atoms with E-state index in [2.05, 4.69) is 22.6 Å². The highest BCUT2D eigenvalue weighted by Gasteiger charge is 2.22. The molecule has 1 aliphatic heterocycles. The van der Waals surface area contributed by atoms with Crippen molar-refractivity contribution >= 4 is 75.2 Å². The number of cyclic esters (lactones) is 1. The number of hydrogen-bond donors (Lipinski definition) is 0. The lowest BCUT2D eigenvalue weighted by Gasteiger charge is -2.14. The van der Waals surface area contributed by atoms with Gasteiger partial charge in [0.2, 0.25) is 0 Å². The van der Waals surface area contributed by atoms with Gasteiger partial charge in [0.15, 0.2) is 11.5 Å². The summed E-state index contributed by atoms with van der Waals surface area (Å²) in [7, 11) is 1.56. The van der Waals surface area contributed by atoms with Crippen molar-refractivity contribution in [1.82, 2.24) is 0 Å². The van der Waals surface area contributed by atoms with Crippen LogP contribution in [0, 0.1) is 3.57 Å². The van der Waals surface area contributed by atoms with E-state index < -0.39 is 5.97 Å². The van der Waals surface area contributed by atoms with E-state index in [-0.39, 0.29) is 6.61 Å². The monoisotopic (exact) mass is 612 g/mol. The van der Waals surface area contributed by atoms with Crippen LogP contribution in [0.15, 0.2) is 66.2 Å². The summed E-state index contributed by atoms with van der Waals surface area (Å²) in [5.41, 5.74) is 2.78. The van der Waals surface area contributed by atoms with Crippen molar-refractivity contribution in [3.05, 3.63) is 102 Å². The summed E-state index contributed by atoms with van der Waals surface area (Å²) in [6.07, 6.45) is 3.45. The first-order valence-electron chi connectivity index (χ1n) is 9.70. The molecule has 0 radical (unpaired) electrons. The van der Waals surface area contributed by atoms with Gasteiger partial charge in [-0.25, -0.2) is 4.79 Å². The van der Waals surface area contributed by atoms with Crippen LogP contribution in [0.3, 0.4) is 0 Å². The van der Waals surface area contributed by atoms with Gasteiger partial charge in [-0.1, -0.05) is 40.9 Å². The van der Waals surface area contributed by atoms with E-state index in [1.54, 1.807) is 61.7 Å². The Balaban J connectivity index is 1.59. The summed E-state index contributed by atoms with van der Waals surface area (Å²) in [6.45, 7) is 0.252. The van der Waals surface area contributed by atoms with E-state index in [9.17, 15) is 4.79 Å². The first-order chi connectivity index (χ1) is 15.8. The van der Waals surface area contributed by atoms with Crippen molar-refractivity contribution in [3.63, 3.8) is 0 Å². The fourth-order valence-corrected chi connectivity index (χ4v) is 4.55. The molecule has 33 heavy (non-hydrogen) atoms. The van der Waals surface area contributed by atoms with Crippen LogP contribution >= 0.6 is 57.4 Å². The molecule has 0 spiro atoms. The molecule has 0 amide bonds. The summed E-state index contributed by atoms with van der Waals surface area (Å²) < 4.78 is 17.8. The molecule has 8 heteroatoms. The maximum atomic E-state index is 12.4. The molecule has 0 N–H and O–H groups in total. The van der Waals surface area contributed by atoms with Gasteiger partial charge in [0, 0.05) is 26.2 Å². The maximum Gasteiger partial charge on any atom is 0.343 e. The second-order valence-corrected chi connectivity index (χ2v) is 9.51. The van der Waals surface area contributed by atoms with Crippen molar-refractivity contribution in [2.45, 2.75) is 6.61 Å². The number of carbonyl (C=O) groups excluding carboxylic acids is 1. The van der Waals surface area contributed by atoms with Gasteiger partial charge >= 0.3 is 5.97 Å². The lowest BCUT2D eigenvalue weighted by molar-refractivity contribution is -0.130. The van der Waals surface area contributed by atoms with Crippen LogP contribution in [-0.2, 0) is 16.1 Å². The van der Waals surface area contributed by atoms with Crippen molar-refractivity contribution in [2.24, 2.45) is 0 Å². The maximum absolute atomic E-state index is 12.4. The first-order valence-corrected chi connectivity index (χ1v) is 11.9. The van der Waals surface area contributed by atoms with Gasteiger partial charge in [0.25, 0.3) is 0 Å². The zero-order chi connectivity index (χ0) is 23.5. The number of rotatable bonds is 6. The van der Waals surface area contributed by atoms with Crippen molar-refractivity contribution < 1.29 is 19.0 Å². The topological polar surface area (TPSA) is 44.8 Å². The van der Waals surface area contributed by atoms with Crippen LogP contribution in [0.2, 0.25) is 15.1 Å². The Hall–Kier alpha value is -2.19. The average molecular weight is 614 g/mol. The van der Waals surface area contributed by atoms with Gasteiger partial charge in [-0.2, -0.15) is 0 Å². The van der Waals surface area contributed by atoms with E-state index in [0.717, 1.165) is 20.3 Å². The standard InChI is InChI=1S/C25H16Cl3IO4/c1-31-23-10-14(8-17-11-22(33-25(17)30)15-2-5-18(26)6-3-15)9-21(29)24(23)32-13-16-4-7-19(27)12-20(16)28/h2-12H,13H2,1H3/b17-8+. The van der Waals surface area contributed by atoms with E-state index in [1.165, 1.54) is 0 Å². The Morgan fingerprint density at radius 1 is 1.00 bits per heavy atom. The van der Waals surface area contributed by atoms with Crippen LogP contribution < -0.4 is 9.47 Å². The number of hydrogen-bond acceptors (Lipinski definition) is 4. The third-order valence-electron chi connectivity index (χ3n) is 4.81. The summed E-state index contributed by atoms with van der Waals surface area (Å²) in [6, 6.07) is 16.0. The van der Waals surface area contributed by atoms with E-state index in [1.807, 2.05) is 12.1 Å². The second-order valence-electron chi connectivity index (χ2n) is 7.06. The smallest absolute Gasteiger partial charge is 0.343 e. The van der Waals surface area contributed by atoms with Crippen LogP contribution in [0.25, 0.3) is 11.8 Å². The van der Waals surface area contributed by atoms with Gasteiger partial charge in [-0.3, -0.25) is 0 Å². The molecule has 1 heterocycles. The zero-order valence-corrected chi connectivity index (χ0v) is 21.6. The molecule has 0 aromatic heterocycles. The zero-order valence-electron chi connectivity index (χ0n) is 17.2. The van der Waals surface area contributed by atoms with Crippen molar-refractivity contribution in [2.75, 3.05) is 7.11 Å². The van der Waals surface area contributed by atoms with Gasteiger partial charge in [-0.05, 0) is 88.8 Å². The molecule has 3 aromatic carbocycles. The number of ether oxygens (including phenoxy) is 3. The van der Waals surface area contributed by atoms with Gasteiger partial charge in [-0.15, -0.1) is 0 Å². The Morgan fingerprint density at radius 3 is 2.42 bits per heavy atom. The minimum Gasteiger partial charge on any atom is -0.493 e. The average Bonchev–Trinajstić information content (AvgIpc) is 3.14. The molecule has 3 aromatic rings. The number of halogens is 4. The van der Waals surface area contributed by atoms with Gasteiger partial charge in [0.05, 0.1) is 16.3 Å². The molecule has 168 valence electrons. The van der Waals surface area contributed by atoms with Gasteiger partial charge < -0.3 is 14.2 Å². The number of methoxy groups -OCH3 is 1. The fraction of sp³-hybridized carbons (Fsp3) is 0.0800. The molecular weight excluding hydrogens is 598 g/mol. The van der Waals surface area contributed by atoms with E-state index >= 15 is 0 Å². The SMILES string of the molecule is COc1cc(/C=C2\C=C(c3ccc(Cl)cc3)OC2=O)cc(I)c1OCc1ccc(Cl)cc1Cl. The Kier molecular flexibility index (Phi) is 7.54. The molecule has 1 aliphatic rings. The molecule has 0 fully saturated rings. The molecule has 0 atom stereocenters. The lowest BCUT2D eigenvalue weighted by atomic mass is 10.1. The minimum absolute atomic E-state index is 0.252. The Bertz CT molecular complexity index is 1280. The number of carbonyl (C=O) groups is 1. The molecule has 0 unspecified atom stereocenters. The fourth-order valence-electron chi connectivity index (χ4n) is 3.18. The number of esters is 1. The van der Waals surface area contributed by atoms with Crippen LogP contribution in [-0.4, -0.2) is 13.1 Å². The first kappa shape index (κ1) is 24.0. The summed E-state index contributed by atoms with van der Waals surface area (Å²) >= 11 is 20.3. The van der Waals surface area contributed by atoms with Crippen LogP contribution in [0.4, 0.5) is 0 Å². The van der Waals surface area contributed by atoms with Gasteiger partial charge in [0.1, 0.15) is 12.4 Å². The minimum atomic E-state index is -0.424. The molecule has 0 saturated carbocycles. The third kappa shape index (κ3) is 5.66. The summed E-state index contributed by atoms with van der Waals surface area (Å²) in [5, 5.41) is 1.70. The highest BCUT2D eigenvalue weighted by molar-refractivity contribution is 14.1. The summed E-state index contributed by atoms with van der Waals surface area (Å²) in [5.74, 6) is 1.17. The predicted octanol–water partition coefficient (Wildman–Crippen LogP) is 7.82. The second kappa shape index (κ2) is 10.4. The lowest BCUT2D eigenvalue weighted by Crippen LogP contribution is -2.01. The van der Waals surface area contributed by atoms with E-state index in [4.69, 9.17) is 49.0 Å². The molecule has 4 nitrogen and oxygen atoms in total.